The number of nitrogens with two attached hydrogens (primary N) is 1. The SMILES string of the molecule is CCC/C(=C\C(N)c1ccc(Cl)c(Cl)c1)CN1CCC(CCO)CC1. The Morgan fingerprint density at radius 3 is 2.64 bits per heavy atom. The molecular weight excluding hydrogens is 355 g/mol. The Balaban J connectivity index is 1.99. The highest BCUT2D eigenvalue weighted by molar-refractivity contribution is 6.42. The summed E-state index contributed by atoms with van der Waals surface area (Å²) in [5.41, 5.74) is 8.77. The summed E-state index contributed by atoms with van der Waals surface area (Å²) in [5.74, 6) is 0.679. The Morgan fingerprint density at radius 2 is 2.04 bits per heavy atom. The molecule has 1 saturated heterocycles. The van der Waals surface area contributed by atoms with E-state index in [1.54, 1.807) is 6.07 Å². The van der Waals surface area contributed by atoms with Gasteiger partial charge in [-0.25, -0.2) is 0 Å². The molecule has 1 aliphatic rings. The number of benzene rings is 1. The molecule has 0 radical (unpaired) electrons. The van der Waals surface area contributed by atoms with Gasteiger partial charge >= 0.3 is 0 Å². The molecule has 1 heterocycles. The number of aliphatic hydroxyl groups excluding tert-OH is 1. The van der Waals surface area contributed by atoms with Crippen molar-refractivity contribution < 1.29 is 5.11 Å². The van der Waals surface area contributed by atoms with Gasteiger partial charge in [-0.15, -0.1) is 0 Å². The van der Waals surface area contributed by atoms with E-state index in [0.717, 1.165) is 44.5 Å². The maximum atomic E-state index is 9.09. The van der Waals surface area contributed by atoms with Crippen molar-refractivity contribution in [3.05, 3.63) is 45.5 Å². The van der Waals surface area contributed by atoms with E-state index in [4.69, 9.17) is 34.0 Å². The molecule has 3 nitrogen and oxygen atoms in total. The summed E-state index contributed by atoms with van der Waals surface area (Å²) in [6, 6.07) is 5.44. The van der Waals surface area contributed by atoms with Crippen LogP contribution in [0.1, 0.15) is 50.6 Å². The van der Waals surface area contributed by atoms with E-state index >= 15 is 0 Å². The van der Waals surface area contributed by atoms with E-state index in [2.05, 4.69) is 17.9 Å². The normalized spacial score (nSPS) is 18.5. The van der Waals surface area contributed by atoms with E-state index < -0.39 is 0 Å². The van der Waals surface area contributed by atoms with Gasteiger partial charge in [0, 0.05) is 19.2 Å². The number of aliphatic hydroxyl groups is 1. The quantitative estimate of drug-likeness (QED) is 0.631. The Bertz CT molecular complexity index is 569. The number of hydrogen-bond acceptors (Lipinski definition) is 3. The van der Waals surface area contributed by atoms with Crippen LogP contribution in [0.15, 0.2) is 29.8 Å². The van der Waals surface area contributed by atoms with Crippen LogP contribution in [0.2, 0.25) is 10.0 Å². The second kappa shape index (κ2) is 10.5. The molecule has 1 aromatic rings. The lowest BCUT2D eigenvalue weighted by molar-refractivity contribution is 0.166. The van der Waals surface area contributed by atoms with Crippen LogP contribution in [-0.2, 0) is 0 Å². The molecule has 1 fully saturated rings. The van der Waals surface area contributed by atoms with Crippen LogP contribution in [0.3, 0.4) is 0 Å². The van der Waals surface area contributed by atoms with Gasteiger partial charge in [0.15, 0.2) is 0 Å². The molecule has 1 aromatic carbocycles. The third-order valence-electron chi connectivity index (χ3n) is 4.99. The summed E-state index contributed by atoms with van der Waals surface area (Å²) in [5, 5.41) is 10.2. The van der Waals surface area contributed by atoms with E-state index in [0.29, 0.717) is 22.6 Å². The Kier molecular flexibility index (Phi) is 8.74. The predicted molar refractivity (Wildman–Crippen MR) is 107 cm³/mol. The first kappa shape index (κ1) is 20.7. The Morgan fingerprint density at radius 1 is 1.32 bits per heavy atom. The largest absolute Gasteiger partial charge is 0.396 e. The van der Waals surface area contributed by atoms with Crippen LogP contribution in [0, 0.1) is 5.92 Å². The maximum absolute atomic E-state index is 9.09. The fourth-order valence-electron chi connectivity index (χ4n) is 3.51. The van der Waals surface area contributed by atoms with E-state index in [1.165, 1.54) is 18.4 Å². The molecule has 1 aliphatic heterocycles. The van der Waals surface area contributed by atoms with Gasteiger partial charge in [-0.05, 0) is 62.4 Å². The number of rotatable bonds is 8. The third kappa shape index (κ3) is 6.58. The van der Waals surface area contributed by atoms with Crippen LogP contribution >= 0.6 is 23.2 Å². The van der Waals surface area contributed by atoms with Crippen LogP contribution in [0.5, 0.6) is 0 Å². The number of hydrogen-bond donors (Lipinski definition) is 2. The summed E-state index contributed by atoms with van der Waals surface area (Å²) in [6.07, 6.45) is 7.65. The van der Waals surface area contributed by atoms with Crippen molar-refractivity contribution in [3.63, 3.8) is 0 Å². The second-order valence-corrected chi connectivity index (χ2v) is 7.82. The van der Waals surface area contributed by atoms with Gasteiger partial charge in [0.05, 0.1) is 10.0 Å². The van der Waals surface area contributed by atoms with Crippen molar-refractivity contribution in [2.75, 3.05) is 26.2 Å². The van der Waals surface area contributed by atoms with Crippen molar-refractivity contribution >= 4 is 23.2 Å². The molecule has 0 bridgehead atoms. The lowest BCUT2D eigenvalue weighted by Gasteiger charge is -2.32. The van der Waals surface area contributed by atoms with Gasteiger partial charge in [0.1, 0.15) is 0 Å². The summed E-state index contributed by atoms with van der Waals surface area (Å²) < 4.78 is 0. The highest BCUT2D eigenvalue weighted by Crippen LogP contribution is 2.27. The minimum absolute atomic E-state index is 0.164. The summed E-state index contributed by atoms with van der Waals surface area (Å²) in [4.78, 5) is 2.51. The molecule has 0 saturated carbocycles. The number of halogens is 2. The number of nitrogens with zero attached hydrogens (tertiary/aromatic N) is 1. The van der Waals surface area contributed by atoms with Gasteiger partial charge in [-0.3, -0.25) is 4.90 Å². The minimum Gasteiger partial charge on any atom is -0.396 e. The van der Waals surface area contributed by atoms with Crippen LogP contribution in [0.4, 0.5) is 0 Å². The zero-order valence-electron chi connectivity index (χ0n) is 15.1. The zero-order chi connectivity index (χ0) is 18.2. The molecule has 140 valence electrons. The lowest BCUT2D eigenvalue weighted by Crippen LogP contribution is -2.35. The molecular formula is C20H30Cl2N2O. The van der Waals surface area contributed by atoms with Gasteiger partial charge < -0.3 is 10.8 Å². The monoisotopic (exact) mass is 384 g/mol. The Hall–Kier alpha value is -0.580. The van der Waals surface area contributed by atoms with Crippen molar-refractivity contribution in [1.82, 2.24) is 4.90 Å². The first-order chi connectivity index (χ1) is 12.0. The molecule has 0 amide bonds. The highest BCUT2D eigenvalue weighted by atomic mass is 35.5. The molecule has 0 aromatic heterocycles. The van der Waals surface area contributed by atoms with Gasteiger partial charge in [0.25, 0.3) is 0 Å². The topological polar surface area (TPSA) is 49.5 Å². The first-order valence-electron chi connectivity index (χ1n) is 9.26. The summed E-state index contributed by atoms with van der Waals surface area (Å²) in [7, 11) is 0. The van der Waals surface area contributed by atoms with Crippen LogP contribution in [0.25, 0.3) is 0 Å². The van der Waals surface area contributed by atoms with E-state index in [9.17, 15) is 0 Å². The maximum Gasteiger partial charge on any atom is 0.0595 e. The molecule has 2 rings (SSSR count). The first-order valence-corrected chi connectivity index (χ1v) is 10.0. The Labute approximate surface area is 161 Å². The molecule has 0 aliphatic carbocycles. The van der Waals surface area contributed by atoms with Crippen molar-refractivity contribution in [2.24, 2.45) is 11.7 Å². The standard InChI is InChI=1S/C20H30Cl2N2O/c1-2-3-16(14-24-9-6-15(7-10-24)8-11-25)12-20(23)17-4-5-18(21)19(22)13-17/h4-5,12-13,15,20,25H,2-3,6-11,14,23H2,1H3/b16-12+. The number of likely N-dealkylation sites (tertiary alicyclic amines) is 1. The number of piperidine rings is 1. The smallest absolute Gasteiger partial charge is 0.0595 e. The van der Waals surface area contributed by atoms with Gasteiger partial charge in [-0.2, -0.15) is 0 Å². The molecule has 1 unspecified atom stereocenters. The fraction of sp³-hybridized carbons (Fsp3) is 0.600. The van der Waals surface area contributed by atoms with E-state index in [1.807, 2.05) is 12.1 Å². The van der Waals surface area contributed by atoms with Crippen LogP contribution in [-0.4, -0.2) is 36.2 Å². The third-order valence-corrected chi connectivity index (χ3v) is 5.73. The second-order valence-electron chi connectivity index (χ2n) is 7.01. The lowest BCUT2D eigenvalue weighted by atomic mass is 9.93. The molecule has 5 heteroatoms. The molecule has 3 N–H and O–H groups in total. The van der Waals surface area contributed by atoms with Crippen LogP contribution < -0.4 is 5.73 Å². The molecule has 0 spiro atoms. The minimum atomic E-state index is -0.164. The predicted octanol–water partition coefficient (Wildman–Crippen LogP) is 4.81. The molecule has 25 heavy (non-hydrogen) atoms. The van der Waals surface area contributed by atoms with Crippen molar-refractivity contribution in [3.8, 4) is 0 Å². The van der Waals surface area contributed by atoms with Crippen molar-refractivity contribution in [2.45, 2.75) is 45.1 Å². The van der Waals surface area contributed by atoms with E-state index in [-0.39, 0.29) is 6.04 Å². The fourth-order valence-corrected chi connectivity index (χ4v) is 3.82. The van der Waals surface area contributed by atoms with Crippen molar-refractivity contribution in [1.29, 1.82) is 0 Å². The summed E-state index contributed by atoms with van der Waals surface area (Å²) >= 11 is 12.1. The molecule has 1 atom stereocenters. The van der Waals surface area contributed by atoms with Gasteiger partial charge in [0.2, 0.25) is 0 Å². The average molecular weight is 385 g/mol. The highest BCUT2D eigenvalue weighted by Gasteiger charge is 2.19. The zero-order valence-corrected chi connectivity index (χ0v) is 16.6. The average Bonchev–Trinajstić information content (AvgIpc) is 2.59. The van der Waals surface area contributed by atoms with Gasteiger partial charge in [-0.1, -0.05) is 54.3 Å². The summed E-state index contributed by atoms with van der Waals surface area (Å²) in [6.45, 7) is 5.70.